The number of fused-ring (bicyclic) bond motifs is 1. The van der Waals surface area contributed by atoms with Crippen LogP contribution in [0, 0.1) is 0 Å². The summed E-state index contributed by atoms with van der Waals surface area (Å²) in [6.45, 7) is 8.26. The van der Waals surface area contributed by atoms with Gasteiger partial charge in [0.05, 0.1) is 18.7 Å². The molecule has 10 heteroatoms. The molecule has 4 rings (SSSR count). The fourth-order valence-electron chi connectivity index (χ4n) is 2.98. The fourth-order valence-corrected chi connectivity index (χ4v) is 3.29. The van der Waals surface area contributed by atoms with Crippen molar-refractivity contribution in [3.63, 3.8) is 0 Å². The molecule has 0 aliphatic carbocycles. The second kappa shape index (κ2) is 7.68. The van der Waals surface area contributed by atoms with Gasteiger partial charge in [0.1, 0.15) is 21.4 Å². The number of anilines is 1. The van der Waals surface area contributed by atoms with Crippen LogP contribution in [0.5, 0.6) is 0 Å². The number of rotatable bonds is 2. The predicted molar refractivity (Wildman–Crippen MR) is 111 cm³/mol. The van der Waals surface area contributed by atoms with Crippen molar-refractivity contribution in [2.24, 2.45) is 0 Å². The van der Waals surface area contributed by atoms with E-state index in [9.17, 15) is 4.79 Å². The topological polar surface area (TPSA) is 95.3 Å². The summed E-state index contributed by atoms with van der Waals surface area (Å²) >= 11 is 3.38. The summed E-state index contributed by atoms with van der Waals surface area (Å²) in [7, 11) is 0. The lowest BCUT2D eigenvalue weighted by Gasteiger charge is -2.26. The molecule has 0 amide bonds. The maximum atomic E-state index is 12.7. The summed E-state index contributed by atoms with van der Waals surface area (Å²) < 4.78 is 12.7. The molecule has 0 aromatic carbocycles. The molecule has 1 aliphatic heterocycles. The van der Waals surface area contributed by atoms with Crippen molar-refractivity contribution in [1.82, 2.24) is 24.7 Å². The van der Waals surface area contributed by atoms with Gasteiger partial charge in [-0.1, -0.05) is 0 Å². The number of carbonyl (C=O) groups excluding carboxylic acids is 1. The smallest absolute Gasteiger partial charge is 0.435 e. The maximum Gasteiger partial charge on any atom is 0.435 e. The molecule has 9 nitrogen and oxygen atoms in total. The highest BCUT2D eigenvalue weighted by molar-refractivity contribution is 9.10. The maximum absolute atomic E-state index is 12.7. The van der Waals surface area contributed by atoms with Crippen molar-refractivity contribution in [2.75, 3.05) is 31.2 Å². The lowest BCUT2D eigenvalue weighted by Crippen LogP contribution is -2.37. The molecule has 0 radical (unpaired) electrons. The number of halogens is 1. The van der Waals surface area contributed by atoms with Crippen LogP contribution in [0.25, 0.3) is 22.3 Å². The average Bonchev–Trinajstić information content (AvgIpc) is 3.06. The van der Waals surface area contributed by atoms with Gasteiger partial charge in [-0.25, -0.2) is 19.7 Å². The van der Waals surface area contributed by atoms with Gasteiger partial charge in [-0.15, -0.1) is 0 Å². The van der Waals surface area contributed by atoms with Crippen LogP contribution >= 0.6 is 15.9 Å². The Bertz CT molecular complexity index is 1040. The first-order valence-corrected chi connectivity index (χ1v) is 10.0. The number of hydrogen-bond acceptors (Lipinski definition) is 8. The van der Waals surface area contributed by atoms with Crippen molar-refractivity contribution in [3.05, 3.63) is 29.1 Å². The minimum absolute atomic E-state index is 0.515. The van der Waals surface area contributed by atoms with E-state index >= 15 is 0 Å². The van der Waals surface area contributed by atoms with Crippen LogP contribution in [0.3, 0.4) is 0 Å². The summed E-state index contributed by atoms with van der Waals surface area (Å²) in [5.41, 5.74) is 1.66. The third-order valence-corrected chi connectivity index (χ3v) is 4.71. The molecular formula is C19H21BrN6O3. The number of morpholine rings is 1. The van der Waals surface area contributed by atoms with Crippen molar-refractivity contribution in [1.29, 1.82) is 0 Å². The van der Waals surface area contributed by atoms with E-state index in [0.29, 0.717) is 46.1 Å². The molecule has 1 fully saturated rings. The van der Waals surface area contributed by atoms with Crippen molar-refractivity contribution < 1.29 is 14.3 Å². The van der Waals surface area contributed by atoms with Crippen LogP contribution in [0.1, 0.15) is 20.8 Å². The van der Waals surface area contributed by atoms with Crippen molar-refractivity contribution in [2.45, 2.75) is 26.4 Å². The fraction of sp³-hybridized carbons (Fsp3) is 0.421. The summed E-state index contributed by atoms with van der Waals surface area (Å²) in [5, 5.41) is 4.47. The molecule has 29 heavy (non-hydrogen) atoms. The minimum atomic E-state index is -0.638. The summed E-state index contributed by atoms with van der Waals surface area (Å²) in [6.07, 6.45) is 2.83. The van der Waals surface area contributed by atoms with Gasteiger partial charge in [0.2, 0.25) is 5.95 Å². The van der Waals surface area contributed by atoms with E-state index in [-0.39, 0.29) is 0 Å². The molecule has 1 aliphatic rings. The molecule has 0 atom stereocenters. The molecule has 152 valence electrons. The van der Waals surface area contributed by atoms with Gasteiger partial charge in [-0.2, -0.15) is 9.78 Å². The molecule has 0 unspecified atom stereocenters. The van der Waals surface area contributed by atoms with Gasteiger partial charge in [-0.05, 0) is 48.8 Å². The van der Waals surface area contributed by atoms with E-state index in [4.69, 9.17) is 9.47 Å². The van der Waals surface area contributed by atoms with Crippen molar-refractivity contribution in [3.8, 4) is 11.3 Å². The third kappa shape index (κ3) is 4.23. The Morgan fingerprint density at radius 3 is 2.52 bits per heavy atom. The van der Waals surface area contributed by atoms with Crippen LogP contribution in [0.4, 0.5) is 10.7 Å². The Morgan fingerprint density at radius 1 is 1.17 bits per heavy atom. The molecule has 4 heterocycles. The minimum Gasteiger partial charge on any atom is -0.442 e. The Labute approximate surface area is 176 Å². The summed E-state index contributed by atoms with van der Waals surface area (Å²) in [5.74, 6) is 0.641. The van der Waals surface area contributed by atoms with Crippen LogP contribution in [-0.2, 0) is 9.47 Å². The van der Waals surface area contributed by atoms with E-state index in [0.717, 1.165) is 13.1 Å². The Hall–Kier alpha value is -2.59. The third-order valence-electron chi connectivity index (χ3n) is 4.26. The normalized spacial score (nSPS) is 15.0. The lowest BCUT2D eigenvalue weighted by atomic mass is 10.2. The highest BCUT2D eigenvalue weighted by Crippen LogP contribution is 2.28. The quantitative estimate of drug-likeness (QED) is 0.537. The van der Waals surface area contributed by atoms with E-state index in [1.54, 1.807) is 24.5 Å². The SMILES string of the molecule is CC(C)(C)OC(=O)n1nc(-c2cnc(N3CCOCC3)nc2)c2nc(Br)ccc21. The van der Waals surface area contributed by atoms with Crippen molar-refractivity contribution >= 4 is 39.0 Å². The Balaban J connectivity index is 1.73. The molecule has 1 saturated heterocycles. The summed E-state index contributed by atoms with van der Waals surface area (Å²) in [6, 6.07) is 3.53. The molecule has 0 saturated carbocycles. The number of hydrogen-bond donors (Lipinski definition) is 0. The first-order chi connectivity index (χ1) is 13.8. The van der Waals surface area contributed by atoms with E-state index < -0.39 is 11.7 Å². The van der Waals surface area contributed by atoms with Gasteiger partial charge in [0.15, 0.2) is 0 Å². The molecular weight excluding hydrogens is 440 g/mol. The monoisotopic (exact) mass is 460 g/mol. The zero-order chi connectivity index (χ0) is 20.6. The van der Waals surface area contributed by atoms with Gasteiger partial charge >= 0.3 is 6.09 Å². The van der Waals surface area contributed by atoms with E-state index in [2.05, 4.69) is 40.9 Å². The van der Waals surface area contributed by atoms with E-state index in [1.807, 2.05) is 20.8 Å². The average molecular weight is 461 g/mol. The zero-order valence-electron chi connectivity index (χ0n) is 16.4. The van der Waals surface area contributed by atoms with E-state index in [1.165, 1.54) is 4.68 Å². The van der Waals surface area contributed by atoms with Gasteiger partial charge in [0, 0.05) is 31.0 Å². The van der Waals surface area contributed by atoms with Gasteiger partial charge in [0.25, 0.3) is 0 Å². The largest absolute Gasteiger partial charge is 0.442 e. The van der Waals surface area contributed by atoms with Crippen LogP contribution in [0.2, 0.25) is 0 Å². The highest BCUT2D eigenvalue weighted by atomic mass is 79.9. The first kappa shape index (κ1) is 19.7. The van der Waals surface area contributed by atoms with Crippen LogP contribution in [-0.4, -0.2) is 62.7 Å². The molecule has 0 N–H and O–H groups in total. The Kier molecular flexibility index (Phi) is 5.22. The highest BCUT2D eigenvalue weighted by Gasteiger charge is 2.24. The number of pyridine rings is 1. The van der Waals surface area contributed by atoms with Gasteiger partial charge in [-0.3, -0.25) is 0 Å². The van der Waals surface area contributed by atoms with Crippen LogP contribution < -0.4 is 4.90 Å². The van der Waals surface area contributed by atoms with Crippen LogP contribution in [0.15, 0.2) is 29.1 Å². The number of carbonyl (C=O) groups is 1. The molecule has 3 aromatic heterocycles. The Morgan fingerprint density at radius 2 is 1.86 bits per heavy atom. The lowest BCUT2D eigenvalue weighted by molar-refractivity contribution is 0.0523. The van der Waals surface area contributed by atoms with Gasteiger partial charge < -0.3 is 14.4 Å². The second-order valence-electron chi connectivity index (χ2n) is 7.61. The zero-order valence-corrected chi connectivity index (χ0v) is 18.0. The summed E-state index contributed by atoms with van der Waals surface area (Å²) in [4.78, 5) is 28.2. The number of ether oxygens (including phenoxy) is 2. The first-order valence-electron chi connectivity index (χ1n) is 9.25. The second-order valence-corrected chi connectivity index (χ2v) is 8.43. The number of aromatic nitrogens is 5. The predicted octanol–water partition coefficient (Wildman–Crippen LogP) is 3.27. The molecule has 0 spiro atoms. The standard InChI is InChI=1S/C19H21BrN6O3/c1-19(2,3)29-18(27)26-13-4-5-14(20)23-16(13)15(24-26)12-10-21-17(22-11-12)25-6-8-28-9-7-25/h4-5,10-11H,6-9H2,1-3H3. The molecule has 3 aromatic rings. The molecule has 0 bridgehead atoms. The number of nitrogens with zero attached hydrogens (tertiary/aromatic N) is 6.